The Morgan fingerprint density at radius 1 is 0.978 bits per heavy atom. The second-order valence-electron chi connectivity index (χ2n) is 10.9. The van der Waals surface area contributed by atoms with Gasteiger partial charge in [0, 0.05) is 17.5 Å². The van der Waals surface area contributed by atoms with Gasteiger partial charge in [-0.1, -0.05) is 31.9 Å². The molecule has 0 bridgehead atoms. The molecule has 1 aliphatic rings. The van der Waals surface area contributed by atoms with Gasteiger partial charge in [-0.05, 0) is 98.7 Å². The first kappa shape index (κ1) is 34.2. The zero-order valence-electron chi connectivity index (χ0n) is 26.4. The van der Waals surface area contributed by atoms with Crippen LogP contribution in [-0.2, 0) is 26.2 Å². The highest BCUT2D eigenvalue weighted by atomic mass is 32.2. The van der Waals surface area contributed by atoms with E-state index in [0.717, 1.165) is 40.4 Å². The van der Waals surface area contributed by atoms with E-state index in [4.69, 9.17) is 9.47 Å². The number of benzene rings is 3. The zero-order chi connectivity index (χ0) is 32.4. The normalized spacial score (nSPS) is 14.0. The number of carbonyl (C=O) groups excluding carboxylic acids is 2. The van der Waals surface area contributed by atoms with E-state index in [1.54, 1.807) is 55.6 Å². The van der Waals surface area contributed by atoms with Gasteiger partial charge >= 0.3 is 0 Å². The predicted molar refractivity (Wildman–Crippen MR) is 178 cm³/mol. The summed E-state index contributed by atoms with van der Waals surface area (Å²) >= 11 is 1.51. The molecule has 0 aromatic heterocycles. The van der Waals surface area contributed by atoms with E-state index in [1.165, 1.54) is 16.7 Å². The smallest absolute Gasteiger partial charge is 0.264 e. The van der Waals surface area contributed by atoms with E-state index < -0.39 is 28.5 Å². The first-order valence-corrected chi connectivity index (χ1v) is 18.0. The number of sulfonamides is 1. The van der Waals surface area contributed by atoms with Crippen molar-refractivity contribution in [3.05, 3.63) is 78.4 Å². The van der Waals surface area contributed by atoms with E-state index in [-0.39, 0.29) is 23.4 Å². The molecule has 242 valence electrons. The summed E-state index contributed by atoms with van der Waals surface area (Å²) in [5, 5.41) is 3.14. The van der Waals surface area contributed by atoms with Crippen LogP contribution in [0.4, 0.5) is 5.69 Å². The van der Waals surface area contributed by atoms with Crippen LogP contribution < -0.4 is 19.1 Å². The van der Waals surface area contributed by atoms with E-state index in [0.29, 0.717) is 30.2 Å². The maximum absolute atomic E-state index is 14.4. The van der Waals surface area contributed by atoms with Crippen molar-refractivity contribution in [1.82, 2.24) is 10.2 Å². The summed E-state index contributed by atoms with van der Waals surface area (Å²) < 4.78 is 40.4. The number of nitrogens with zero attached hydrogens (tertiary/aromatic N) is 2. The number of anilines is 1. The van der Waals surface area contributed by atoms with Crippen LogP contribution in [0.15, 0.2) is 82.6 Å². The Morgan fingerprint density at radius 3 is 2.27 bits per heavy atom. The quantitative estimate of drug-likeness (QED) is 0.204. The van der Waals surface area contributed by atoms with E-state index >= 15 is 0 Å². The molecule has 0 heterocycles. The van der Waals surface area contributed by atoms with Crippen molar-refractivity contribution >= 4 is 39.3 Å². The second kappa shape index (κ2) is 16.0. The van der Waals surface area contributed by atoms with Gasteiger partial charge in [0.2, 0.25) is 11.8 Å². The van der Waals surface area contributed by atoms with Crippen molar-refractivity contribution in [3.63, 3.8) is 0 Å². The lowest BCUT2D eigenvalue weighted by atomic mass is 10.1. The monoisotopic (exact) mass is 653 g/mol. The molecule has 1 fully saturated rings. The molecule has 1 saturated carbocycles. The van der Waals surface area contributed by atoms with Crippen LogP contribution in [-0.4, -0.2) is 63.7 Å². The van der Waals surface area contributed by atoms with Gasteiger partial charge in [0.1, 0.15) is 24.1 Å². The molecule has 0 radical (unpaired) electrons. The molecule has 1 unspecified atom stereocenters. The minimum absolute atomic E-state index is 0.0624. The third kappa shape index (κ3) is 8.73. The van der Waals surface area contributed by atoms with Crippen molar-refractivity contribution in [1.29, 1.82) is 0 Å². The summed E-state index contributed by atoms with van der Waals surface area (Å²) in [6.45, 7) is 3.79. The summed E-state index contributed by atoms with van der Waals surface area (Å²) in [6.07, 6.45) is 6.21. The lowest BCUT2D eigenvalue weighted by Gasteiger charge is -2.34. The van der Waals surface area contributed by atoms with Gasteiger partial charge in [-0.25, -0.2) is 8.42 Å². The minimum atomic E-state index is -4.17. The van der Waals surface area contributed by atoms with Crippen LogP contribution in [0.2, 0.25) is 0 Å². The molecular formula is C34H43N3O6S2. The Hall–Kier alpha value is -3.70. The summed E-state index contributed by atoms with van der Waals surface area (Å²) in [7, 11) is -2.61. The van der Waals surface area contributed by atoms with Gasteiger partial charge in [0.15, 0.2) is 0 Å². The third-order valence-electron chi connectivity index (χ3n) is 7.94. The number of thioether (sulfide) groups is 1. The molecule has 1 N–H and O–H groups in total. The van der Waals surface area contributed by atoms with Gasteiger partial charge in [-0.3, -0.25) is 13.9 Å². The average Bonchev–Trinajstić information content (AvgIpc) is 3.57. The highest BCUT2D eigenvalue weighted by molar-refractivity contribution is 7.98. The molecule has 0 spiro atoms. The molecule has 1 atom stereocenters. The van der Waals surface area contributed by atoms with E-state index in [9.17, 15) is 18.0 Å². The molecule has 0 saturated heterocycles. The molecule has 45 heavy (non-hydrogen) atoms. The van der Waals surface area contributed by atoms with Crippen molar-refractivity contribution in [3.8, 4) is 11.5 Å². The lowest BCUT2D eigenvalue weighted by molar-refractivity contribution is -0.140. The Morgan fingerprint density at radius 2 is 1.67 bits per heavy atom. The fourth-order valence-electron chi connectivity index (χ4n) is 5.53. The average molecular weight is 654 g/mol. The van der Waals surface area contributed by atoms with Gasteiger partial charge in [-0.2, -0.15) is 0 Å². The van der Waals surface area contributed by atoms with Gasteiger partial charge < -0.3 is 19.7 Å². The number of hydrogen-bond acceptors (Lipinski definition) is 7. The summed E-state index contributed by atoms with van der Waals surface area (Å²) in [4.78, 5) is 30.5. The van der Waals surface area contributed by atoms with Gasteiger partial charge in [0.05, 0.1) is 24.3 Å². The Balaban J connectivity index is 1.72. The number of hydrogen-bond donors (Lipinski definition) is 1. The van der Waals surface area contributed by atoms with Crippen LogP contribution >= 0.6 is 11.8 Å². The second-order valence-corrected chi connectivity index (χ2v) is 13.6. The van der Waals surface area contributed by atoms with Crippen LogP contribution in [0.3, 0.4) is 0 Å². The van der Waals surface area contributed by atoms with Crippen LogP contribution in [0.1, 0.15) is 51.5 Å². The molecule has 9 nitrogen and oxygen atoms in total. The molecule has 11 heteroatoms. The molecule has 0 aliphatic heterocycles. The molecular weight excluding hydrogens is 611 g/mol. The van der Waals surface area contributed by atoms with Crippen LogP contribution in [0.25, 0.3) is 0 Å². The molecule has 4 rings (SSSR count). The van der Waals surface area contributed by atoms with E-state index in [1.807, 2.05) is 44.4 Å². The Kier molecular flexibility index (Phi) is 12.2. The summed E-state index contributed by atoms with van der Waals surface area (Å²) in [5.74, 6) is 0.479. The summed E-state index contributed by atoms with van der Waals surface area (Å²) in [6, 6.07) is 19.8. The third-order valence-corrected chi connectivity index (χ3v) is 10.5. The fourth-order valence-corrected chi connectivity index (χ4v) is 7.36. The van der Waals surface area contributed by atoms with Crippen LogP contribution in [0.5, 0.6) is 11.5 Å². The molecule has 3 aromatic rings. The molecule has 2 amide bonds. The van der Waals surface area contributed by atoms with E-state index in [2.05, 4.69) is 5.32 Å². The number of ether oxygens (including phenoxy) is 2. The lowest BCUT2D eigenvalue weighted by Crippen LogP contribution is -2.53. The Bertz CT molecular complexity index is 1520. The number of carbonyl (C=O) groups is 2. The predicted octanol–water partition coefficient (Wildman–Crippen LogP) is 5.88. The van der Waals surface area contributed by atoms with Crippen molar-refractivity contribution in [2.75, 3.05) is 30.8 Å². The SMILES string of the molecule is CCOc1ccc(N(CC(=O)N(Cc2cccc(OC)c2)C(CC)C(=O)NC2CCCC2)S(=O)(=O)c2ccc(SC)cc2)cc1. The van der Waals surface area contributed by atoms with Gasteiger partial charge in [-0.15, -0.1) is 11.8 Å². The first-order valence-electron chi connectivity index (χ1n) is 15.3. The van der Waals surface area contributed by atoms with Crippen molar-refractivity contribution in [2.45, 2.75) is 74.4 Å². The van der Waals surface area contributed by atoms with Crippen molar-refractivity contribution < 1.29 is 27.5 Å². The summed E-state index contributed by atoms with van der Waals surface area (Å²) in [5.41, 5.74) is 1.07. The topological polar surface area (TPSA) is 105 Å². The highest BCUT2D eigenvalue weighted by Crippen LogP contribution is 2.28. The molecule has 3 aromatic carbocycles. The fraction of sp³-hybridized carbons (Fsp3) is 0.412. The van der Waals surface area contributed by atoms with Crippen LogP contribution in [0, 0.1) is 0 Å². The van der Waals surface area contributed by atoms with Crippen molar-refractivity contribution in [2.24, 2.45) is 0 Å². The molecule has 1 aliphatic carbocycles. The first-order chi connectivity index (χ1) is 21.7. The zero-order valence-corrected chi connectivity index (χ0v) is 28.0. The standard InChI is InChI=1S/C34H43N3O6S2/c1-5-32(34(39)35-26-11-7-8-12-26)36(23-25-10-9-13-29(22-25)42-3)33(38)24-37(27-14-16-28(17-15-27)43-6-2)45(40,41)31-20-18-30(44-4)19-21-31/h9-10,13-22,26,32H,5-8,11-12,23-24H2,1-4H3,(H,35,39). The van der Waals surface area contributed by atoms with Gasteiger partial charge in [0.25, 0.3) is 10.0 Å². The maximum atomic E-state index is 14.4. The maximum Gasteiger partial charge on any atom is 0.264 e. The number of amides is 2. The number of methoxy groups -OCH3 is 1. The number of rotatable bonds is 15. The highest BCUT2D eigenvalue weighted by Gasteiger charge is 2.34. The largest absolute Gasteiger partial charge is 0.497 e. The minimum Gasteiger partial charge on any atom is -0.497 e. The Labute approximate surface area is 271 Å². The number of nitrogens with one attached hydrogen (secondary N) is 1.